The lowest BCUT2D eigenvalue weighted by Crippen LogP contribution is -2.40. The maximum Gasteiger partial charge on any atom is 0.168 e. The van der Waals surface area contributed by atoms with Gasteiger partial charge in [-0.1, -0.05) is 56.5 Å². The Balaban J connectivity index is 2.17. The summed E-state index contributed by atoms with van der Waals surface area (Å²) in [6.07, 6.45) is 6.46. The zero-order valence-electron chi connectivity index (χ0n) is 11.9. The zero-order valence-corrected chi connectivity index (χ0v) is 11.9. The summed E-state index contributed by atoms with van der Waals surface area (Å²) in [6.45, 7) is 3.01. The molecule has 19 heavy (non-hydrogen) atoms. The summed E-state index contributed by atoms with van der Waals surface area (Å²) in [7, 11) is 0. The van der Waals surface area contributed by atoms with E-state index in [4.69, 9.17) is 4.74 Å². The summed E-state index contributed by atoms with van der Waals surface area (Å²) in [4.78, 5) is 12.7. The fraction of sp³-hybridized carbons (Fsp3) is 0.588. The van der Waals surface area contributed by atoms with Crippen LogP contribution in [0.4, 0.5) is 0 Å². The Morgan fingerprint density at radius 1 is 1.16 bits per heavy atom. The number of ether oxygens (including phenoxy) is 1. The highest BCUT2D eigenvalue weighted by Gasteiger charge is 2.40. The average Bonchev–Trinajstić information content (AvgIpc) is 2.49. The molecular weight excluding hydrogens is 236 g/mol. The van der Waals surface area contributed by atoms with E-state index in [0.717, 1.165) is 32.1 Å². The van der Waals surface area contributed by atoms with Gasteiger partial charge in [-0.3, -0.25) is 4.79 Å². The third kappa shape index (κ3) is 3.24. The normalized spacial score (nSPS) is 18.2. The quantitative estimate of drug-likeness (QED) is 0.725. The van der Waals surface area contributed by atoms with Gasteiger partial charge >= 0.3 is 0 Å². The van der Waals surface area contributed by atoms with Crippen LogP contribution in [0.2, 0.25) is 0 Å². The smallest absolute Gasteiger partial charge is 0.168 e. The molecule has 0 bridgehead atoms. The van der Waals surface area contributed by atoms with Crippen LogP contribution in [0, 0.1) is 0 Å². The average molecular weight is 260 g/mol. The molecule has 2 nitrogen and oxygen atoms in total. The van der Waals surface area contributed by atoms with E-state index >= 15 is 0 Å². The molecule has 1 aromatic rings. The number of rotatable bonds is 6. The van der Waals surface area contributed by atoms with E-state index in [0.29, 0.717) is 6.61 Å². The zero-order chi connectivity index (χ0) is 13.6. The molecule has 0 unspecified atom stereocenters. The molecule has 2 heteroatoms. The predicted octanol–water partition coefficient (Wildman–Crippen LogP) is 3.88. The Labute approximate surface area is 116 Å². The lowest BCUT2D eigenvalue weighted by atomic mass is 9.67. The van der Waals surface area contributed by atoms with Crippen molar-refractivity contribution in [2.45, 2.75) is 50.9 Å². The Hall–Kier alpha value is -1.15. The van der Waals surface area contributed by atoms with Crippen molar-refractivity contribution >= 4 is 5.78 Å². The van der Waals surface area contributed by atoms with Crippen LogP contribution in [0.5, 0.6) is 0 Å². The molecule has 0 saturated heterocycles. The molecule has 0 spiro atoms. The van der Waals surface area contributed by atoms with Crippen molar-refractivity contribution in [3.8, 4) is 0 Å². The van der Waals surface area contributed by atoms with Gasteiger partial charge in [0.15, 0.2) is 5.78 Å². The number of hydrogen-bond acceptors (Lipinski definition) is 2. The number of hydrogen-bond donors (Lipinski definition) is 0. The van der Waals surface area contributed by atoms with Gasteiger partial charge in [0.1, 0.15) is 6.61 Å². The summed E-state index contributed by atoms with van der Waals surface area (Å²) in [5, 5.41) is 0. The molecule has 0 atom stereocenters. The maximum absolute atomic E-state index is 12.7. The Bertz CT molecular complexity index is 391. The van der Waals surface area contributed by atoms with Gasteiger partial charge < -0.3 is 4.74 Å². The van der Waals surface area contributed by atoms with Gasteiger partial charge in [-0.2, -0.15) is 0 Å². The lowest BCUT2D eigenvalue weighted by Gasteiger charge is -2.36. The number of ketones is 1. The van der Waals surface area contributed by atoms with Crippen molar-refractivity contribution in [1.29, 1.82) is 0 Å². The minimum absolute atomic E-state index is 0.267. The molecule has 2 rings (SSSR count). The first-order valence-electron chi connectivity index (χ1n) is 7.46. The van der Waals surface area contributed by atoms with Crippen LogP contribution < -0.4 is 0 Å². The monoisotopic (exact) mass is 260 g/mol. The van der Waals surface area contributed by atoms with Gasteiger partial charge in [0.2, 0.25) is 0 Å². The van der Waals surface area contributed by atoms with Crippen LogP contribution in [0.25, 0.3) is 0 Å². The van der Waals surface area contributed by atoms with Crippen LogP contribution in [0.3, 0.4) is 0 Å². The van der Waals surface area contributed by atoms with Gasteiger partial charge in [0.05, 0.1) is 5.41 Å². The first kappa shape index (κ1) is 14.3. The molecule has 1 saturated carbocycles. The van der Waals surface area contributed by atoms with E-state index < -0.39 is 0 Å². The largest absolute Gasteiger partial charge is 0.374 e. The third-order valence-corrected chi connectivity index (χ3v) is 4.15. The Morgan fingerprint density at radius 2 is 1.84 bits per heavy atom. The van der Waals surface area contributed by atoms with Crippen molar-refractivity contribution in [1.82, 2.24) is 0 Å². The van der Waals surface area contributed by atoms with Crippen molar-refractivity contribution < 1.29 is 9.53 Å². The van der Waals surface area contributed by atoms with E-state index in [9.17, 15) is 4.79 Å². The van der Waals surface area contributed by atoms with E-state index in [1.54, 1.807) is 0 Å². The van der Waals surface area contributed by atoms with Gasteiger partial charge in [-0.05, 0) is 24.8 Å². The molecule has 0 amide bonds. The standard InChI is InChI=1S/C17H24O2/c1-2-13-19-14-16(18)17(11-7-4-8-12-17)15-9-5-3-6-10-15/h3,5-6,9-10H,2,4,7-8,11-14H2,1H3. The van der Waals surface area contributed by atoms with Crippen LogP contribution in [0.15, 0.2) is 30.3 Å². The van der Waals surface area contributed by atoms with Gasteiger partial charge in [-0.25, -0.2) is 0 Å². The number of Topliss-reactive ketones (excluding diaryl/α,β-unsaturated/α-hetero) is 1. The molecule has 0 heterocycles. The minimum Gasteiger partial charge on any atom is -0.374 e. The van der Waals surface area contributed by atoms with Crippen molar-refractivity contribution in [2.24, 2.45) is 0 Å². The lowest BCUT2D eigenvalue weighted by molar-refractivity contribution is -0.130. The summed E-state index contributed by atoms with van der Waals surface area (Å²) in [5.41, 5.74) is 0.896. The van der Waals surface area contributed by atoms with E-state index in [-0.39, 0.29) is 17.8 Å². The Morgan fingerprint density at radius 3 is 2.47 bits per heavy atom. The highest BCUT2D eigenvalue weighted by Crippen LogP contribution is 2.40. The highest BCUT2D eigenvalue weighted by molar-refractivity contribution is 5.91. The van der Waals surface area contributed by atoms with Crippen LogP contribution >= 0.6 is 0 Å². The second-order valence-corrected chi connectivity index (χ2v) is 5.48. The second-order valence-electron chi connectivity index (χ2n) is 5.48. The predicted molar refractivity (Wildman–Crippen MR) is 77.3 cm³/mol. The van der Waals surface area contributed by atoms with Crippen LogP contribution in [-0.4, -0.2) is 19.0 Å². The highest BCUT2D eigenvalue weighted by atomic mass is 16.5. The first-order chi connectivity index (χ1) is 9.29. The fourth-order valence-corrected chi connectivity index (χ4v) is 3.09. The van der Waals surface area contributed by atoms with Crippen molar-refractivity contribution in [2.75, 3.05) is 13.2 Å². The fourth-order valence-electron chi connectivity index (χ4n) is 3.09. The van der Waals surface area contributed by atoms with Gasteiger partial charge in [-0.15, -0.1) is 0 Å². The molecule has 1 aliphatic rings. The van der Waals surface area contributed by atoms with Crippen LogP contribution in [0.1, 0.15) is 51.0 Å². The maximum atomic E-state index is 12.7. The number of carbonyl (C=O) groups excluding carboxylic acids is 1. The molecule has 1 fully saturated rings. The molecule has 1 aliphatic carbocycles. The molecule has 1 aromatic carbocycles. The summed E-state index contributed by atoms with van der Waals surface area (Å²) in [6, 6.07) is 10.3. The summed E-state index contributed by atoms with van der Waals surface area (Å²) >= 11 is 0. The Kier molecular flexibility index (Phi) is 5.15. The van der Waals surface area contributed by atoms with E-state index in [1.165, 1.54) is 12.0 Å². The number of carbonyl (C=O) groups is 1. The molecule has 0 N–H and O–H groups in total. The first-order valence-corrected chi connectivity index (χ1v) is 7.46. The van der Waals surface area contributed by atoms with E-state index in [2.05, 4.69) is 19.1 Å². The van der Waals surface area contributed by atoms with Gasteiger partial charge in [0.25, 0.3) is 0 Å². The molecule has 0 radical (unpaired) electrons. The second kappa shape index (κ2) is 6.85. The molecular formula is C17H24O2. The topological polar surface area (TPSA) is 26.3 Å². The number of benzene rings is 1. The van der Waals surface area contributed by atoms with Gasteiger partial charge in [0, 0.05) is 6.61 Å². The molecule has 0 aliphatic heterocycles. The molecule has 104 valence electrons. The third-order valence-electron chi connectivity index (χ3n) is 4.15. The summed E-state index contributed by atoms with van der Waals surface area (Å²) < 4.78 is 5.49. The van der Waals surface area contributed by atoms with Crippen molar-refractivity contribution in [3.05, 3.63) is 35.9 Å². The van der Waals surface area contributed by atoms with E-state index in [1.807, 2.05) is 18.2 Å². The summed E-state index contributed by atoms with van der Waals surface area (Å²) in [5.74, 6) is 0.270. The molecule has 0 aromatic heterocycles. The minimum atomic E-state index is -0.284. The SMILES string of the molecule is CCCOCC(=O)C1(c2ccccc2)CCCCC1. The van der Waals surface area contributed by atoms with Crippen molar-refractivity contribution in [3.63, 3.8) is 0 Å². The van der Waals surface area contributed by atoms with Crippen LogP contribution in [-0.2, 0) is 14.9 Å².